The first-order chi connectivity index (χ1) is 8.29. The Hall–Kier alpha value is -1.70. The van der Waals surface area contributed by atoms with Crippen LogP contribution in [0, 0.1) is 5.82 Å². The van der Waals surface area contributed by atoms with Gasteiger partial charge in [-0.2, -0.15) is 0 Å². The molecular weight excluding hydrogens is 213 g/mol. The molecule has 0 aliphatic heterocycles. The van der Waals surface area contributed by atoms with Crippen molar-refractivity contribution in [2.24, 2.45) is 0 Å². The summed E-state index contributed by atoms with van der Waals surface area (Å²) in [5, 5.41) is 0. The molecule has 0 aliphatic carbocycles. The Balaban J connectivity index is 2.23. The monoisotopic (exact) mass is 229 g/mol. The van der Waals surface area contributed by atoms with Crippen LogP contribution in [-0.4, -0.2) is 4.98 Å². The van der Waals surface area contributed by atoms with Crippen LogP contribution >= 0.6 is 0 Å². The average molecular weight is 229 g/mol. The number of hydrogen-bond acceptors (Lipinski definition) is 1. The second kappa shape index (κ2) is 5.58. The molecule has 1 aromatic heterocycles. The minimum Gasteiger partial charge on any atom is -0.261 e. The van der Waals surface area contributed by atoms with Gasteiger partial charge in [-0.1, -0.05) is 25.5 Å². The number of rotatable bonds is 4. The normalized spacial score (nSPS) is 10.5. The van der Waals surface area contributed by atoms with Crippen molar-refractivity contribution in [1.82, 2.24) is 4.98 Å². The van der Waals surface area contributed by atoms with E-state index in [1.54, 1.807) is 12.1 Å². The van der Waals surface area contributed by atoms with Crippen molar-refractivity contribution in [3.63, 3.8) is 0 Å². The SMILES string of the molecule is CCCCc1cc(-c2ccc(F)cc2)ccn1. The van der Waals surface area contributed by atoms with Gasteiger partial charge in [-0.05, 0) is 48.2 Å². The van der Waals surface area contributed by atoms with Gasteiger partial charge in [-0.25, -0.2) is 4.39 Å². The summed E-state index contributed by atoms with van der Waals surface area (Å²) in [5.41, 5.74) is 3.24. The maximum absolute atomic E-state index is 12.8. The zero-order valence-electron chi connectivity index (χ0n) is 9.99. The van der Waals surface area contributed by atoms with Gasteiger partial charge in [0.1, 0.15) is 5.82 Å². The molecule has 17 heavy (non-hydrogen) atoms. The minimum atomic E-state index is -0.200. The van der Waals surface area contributed by atoms with Gasteiger partial charge in [0.2, 0.25) is 0 Å². The lowest BCUT2D eigenvalue weighted by atomic mass is 10.0. The third-order valence-electron chi connectivity index (χ3n) is 2.78. The Morgan fingerprint density at radius 2 is 1.82 bits per heavy atom. The van der Waals surface area contributed by atoms with Gasteiger partial charge < -0.3 is 0 Å². The number of aromatic nitrogens is 1. The first kappa shape index (κ1) is 11.8. The molecule has 1 aromatic carbocycles. The Kier molecular flexibility index (Phi) is 3.86. The Labute approximate surface area is 101 Å². The highest BCUT2D eigenvalue weighted by atomic mass is 19.1. The molecule has 0 saturated carbocycles. The topological polar surface area (TPSA) is 12.9 Å². The highest BCUT2D eigenvalue weighted by Crippen LogP contribution is 2.20. The molecule has 2 aromatic rings. The van der Waals surface area contributed by atoms with E-state index in [-0.39, 0.29) is 5.82 Å². The molecule has 1 nitrogen and oxygen atoms in total. The molecule has 0 aliphatic rings. The maximum Gasteiger partial charge on any atom is 0.123 e. The quantitative estimate of drug-likeness (QED) is 0.764. The fraction of sp³-hybridized carbons (Fsp3) is 0.267. The van der Waals surface area contributed by atoms with Crippen LogP contribution in [0.5, 0.6) is 0 Å². The van der Waals surface area contributed by atoms with E-state index in [0.717, 1.165) is 29.7 Å². The Morgan fingerprint density at radius 1 is 1.06 bits per heavy atom. The van der Waals surface area contributed by atoms with Crippen LogP contribution in [-0.2, 0) is 6.42 Å². The molecule has 0 unspecified atom stereocenters. The molecule has 0 atom stereocenters. The van der Waals surface area contributed by atoms with Crippen LogP contribution in [0.4, 0.5) is 4.39 Å². The molecule has 1 heterocycles. The van der Waals surface area contributed by atoms with Crippen LogP contribution in [0.1, 0.15) is 25.5 Å². The minimum absolute atomic E-state index is 0.200. The number of pyridine rings is 1. The highest BCUT2D eigenvalue weighted by Gasteiger charge is 2.00. The van der Waals surface area contributed by atoms with E-state index >= 15 is 0 Å². The molecule has 0 amide bonds. The summed E-state index contributed by atoms with van der Waals surface area (Å²) in [7, 11) is 0. The van der Waals surface area contributed by atoms with Crippen molar-refractivity contribution in [3.05, 3.63) is 54.1 Å². The van der Waals surface area contributed by atoms with E-state index < -0.39 is 0 Å². The third kappa shape index (κ3) is 3.13. The number of halogens is 1. The van der Waals surface area contributed by atoms with E-state index in [2.05, 4.69) is 18.0 Å². The third-order valence-corrected chi connectivity index (χ3v) is 2.78. The second-order valence-electron chi connectivity index (χ2n) is 4.15. The first-order valence-corrected chi connectivity index (χ1v) is 6.00. The Morgan fingerprint density at radius 3 is 2.53 bits per heavy atom. The van der Waals surface area contributed by atoms with Gasteiger partial charge in [-0.15, -0.1) is 0 Å². The van der Waals surface area contributed by atoms with Crippen molar-refractivity contribution in [3.8, 4) is 11.1 Å². The molecule has 0 fully saturated rings. The lowest BCUT2D eigenvalue weighted by Gasteiger charge is -2.04. The summed E-state index contributed by atoms with van der Waals surface area (Å²) in [4.78, 5) is 4.35. The predicted molar refractivity (Wildman–Crippen MR) is 68.2 cm³/mol. The summed E-state index contributed by atoms with van der Waals surface area (Å²) in [6, 6.07) is 10.6. The fourth-order valence-electron chi connectivity index (χ4n) is 1.79. The first-order valence-electron chi connectivity index (χ1n) is 6.00. The number of nitrogens with zero attached hydrogens (tertiary/aromatic N) is 1. The number of aryl methyl sites for hydroxylation is 1. The van der Waals surface area contributed by atoms with Crippen molar-refractivity contribution in [2.45, 2.75) is 26.2 Å². The second-order valence-corrected chi connectivity index (χ2v) is 4.15. The summed E-state index contributed by atoms with van der Waals surface area (Å²) < 4.78 is 12.8. The molecule has 0 spiro atoms. The number of hydrogen-bond donors (Lipinski definition) is 0. The predicted octanol–water partition coefficient (Wildman–Crippen LogP) is 4.23. The van der Waals surface area contributed by atoms with Crippen molar-refractivity contribution in [1.29, 1.82) is 0 Å². The smallest absolute Gasteiger partial charge is 0.123 e. The summed E-state index contributed by atoms with van der Waals surface area (Å²) in [6.45, 7) is 2.17. The van der Waals surface area contributed by atoms with Crippen LogP contribution < -0.4 is 0 Å². The van der Waals surface area contributed by atoms with Crippen LogP contribution in [0.15, 0.2) is 42.6 Å². The van der Waals surface area contributed by atoms with Crippen molar-refractivity contribution in [2.75, 3.05) is 0 Å². The lowest BCUT2D eigenvalue weighted by molar-refractivity contribution is 0.628. The average Bonchev–Trinajstić information content (AvgIpc) is 2.37. The molecule has 2 rings (SSSR count). The summed E-state index contributed by atoms with van der Waals surface area (Å²) in [6.07, 6.45) is 5.15. The molecule has 0 N–H and O–H groups in total. The van der Waals surface area contributed by atoms with Gasteiger partial charge in [0.15, 0.2) is 0 Å². The molecule has 2 heteroatoms. The van der Waals surface area contributed by atoms with Crippen LogP contribution in [0.3, 0.4) is 0 Å². The fourth-order valence-corrected chi connectivity index (χ4v) is 1.79. The number of unbranched alkanes of at least 4 members (excludes halogenated alkanes) is 1. The molecule has 0 bridgehead atoms. The van der Waals surface area contributed by atoms with Gasteiger partial charge in [-0.3, -0.25) is 4.98 Å². The van der Waals surface area contributed by atoms with Gasteiger partial charge in [0.25, 0.3) is 0 Å². The molecule has 88 valence electrons. The molecular formula is C15H16FN. The van der Waals surface area contributed by atoms with E-state index in [9.17, 15) is 4.39 Å². The van der Waals surface area contributed by atoms with Gasteiger partial charge >= 0.3 is 0 Å². The van der Waals surface area contributed by atoms with Crippen molar-refractivity contribution >= 4 is 0 Å². The summed E-state index contributed by atoms with van der Waals surface area (Å²) in [5.74, 6) is -0.200. The number of benzene rings is 1. The highest BCUT2D eigenvalue weighted by molar-refractivity contribution is 5.63. The maximum atomic E-state index is 12.8. The van der Waals surface area contributed by atoms with E-state index in [1.165, 1.54) is 18.6 Å². The van der Waals surface area contributed by atoms with Gasteiger partial charge in [0, 0.05) is 11.9 Å². The molecule has 0 radical (unpaired) electrons. The largest absolute Gasteiger partial charge is 0.261 e. The van der Waals surface area contributed by atoms with Gasteiger partial charge in [0.05, 0.1) is 0 Å². The standard InChI is InChI=1S/C15H16FN/c1-2-3-4-15-11-13(9-10-17-15)12-5-7-14(16)8-6-12/h5-11H,2-4H2,1H3. The van der Waals surface area contributed by atoms with E-state index in [0.29, 0.717) is 0 Å². The van der Waals surface area contributed by atoms with Crippen molar-refractivity contribution < 1.29 is 4.39 Å². The zero-order valence-corrected chi connectivity index (χ0v) is 9.99. The van der Waals surface area contributed by atoms with E-state index in [4.69, 9.17) is 0 Å². The summed E-state index contributed by atoms with van der Waals surface area (Å²) >= 11 is 0. The zero-order chi connectivity index (χ0) is 12.1. The van der Waals surface area contributed by atoms with Crippen LogP contribution in [0.25, 0.3) is 11.1 Å². The van der Waals surface area contributed by atoms with E-state index in [1.807, 2.05) is 12.3 Å². The Bertz CT molecular complexity index is 477. The molecule has 0 saturated heterocycles. The lowest BCUT2D eigenvalue weighted by Crippen LogP contribution is -1.90. The van der Waals surface area contributed by atoms with Crippen LogP contribution in [0.2, 0.25) is 0 Å².